The van der Waals surface area contributed by atoms with E-state index in [2.05, 4.69) is 24.3 Å². The molecule has 1 aliphatic heterocycles. The molecule has 33 heavy (non-hydrogen) atoms. The minimum absolute atomic E-state index is 0.0707. The highest BCUT2D eigenvalue weighted by atomic mass is 16.2. The number of benzene rings is 1. The molecule has 7 heteroatoms. The lowest BCUT2D eigenvalue weighted by molar-refractivity contribution is 0.0724. The van der Waals surface area contributed by atoms with Crippen LogP contribution in [0.25, 0.3) is 11.0 Å². The van der Waals surface area contributed by atoms with Gasteiger partial charge in [0.05, 0.1) is 17.1 Å². The van der Waals surface area contributed by atoms with Crippen LogP contribution in [0.1, 0.15) is 90.9 Å². The molecule has 0 spiro atoms. The van der Waals surface area contributed by atoms with Crippen molar-refractivity contribution in [3.8, 4) is 0 Å². The Labute approximate surface area is 195 Å². The summed E-state index contributed by atoms with van der Waals surface area (Å²) in [6.07, 6.45) is 5.03. The molecule has 3 aromatic rings. The number of hydrogen-bond donors (Lipinski definition) is 1. The number of carbonyl (C=O) groups excluding carboxylic acids is 2. The van der Waals surface area contributed by atoms with E-state index in [4.69, 9.17) is 4.98 Å². The van der Waals surface area contributed by atoms with Gasteiger partial charge in [0.25, 0.3) is 11.8 Å². The van der Waals surface area contributed by atoms with Crippen LogP contribution in [0.15, 0.2) is 36.5 Å². The van der Waals surface area contributed by atoms with E-state index in [1.165, 1.54) is 6.42 Å². The molecule has 0 unspecified atom stereocenters. The number of aromatic nitrogens is 3. The summed E-state index contributed by atoms with van der Waals surface area (Å²) < 4.78 is 1.85. The minimum Gasteiger partial charge on any atom is -0.348 e. The first-order valence-corrected chi connectivity index (χ1v) is 11.9. The number of pyridine rings is 1. The second kappa shape index (κ2) is 9.73. The lowest BCUT2D eigenvalue weighted by atomic mass is 10.0. The second-order valence-electron chi connectivity index (χ2n) is 9.41. The van der Waals surface area contributed by atoms with Crippen molar-refractivity contribution in [3.63, 3.8) is 0 Å². The highest BCUT2D eigenvalue weighted by Gasteiger charge is 2.20. The van der Waals surface area contributed by atoms with Crippen molar-refractivity contribution < 1.29 is 9.59 Å². The molecule has 2 aromatic heterocycles. The second-order valence-corrected chi connectivity index (χ2v) is 9.41. The fraction of sp³-hybridized carbons (Fsp3) is 0.462. The smallest absolute Gasteiger partial charge is 0.253 e. The van der Waals surface area contributed by atoms with Crippen LogP contribution in [0.2, 0.25) is 0 Å². The Morgan fingerprint density at radius 3 is 2.52 bits per heavy atom. The van der Waals surface area contributed by atoms with Crippen LogP contribution in [0.5, 0.6) is 0 Å². The quantitative estimate of drug-likeness (QED) is 0.594. The third-order valence-electron chi connectivity index (χ3n) is 6.18. The molecule has 2 amide bonds. The average Bonchev–Trinajstić information content (AvgIpc) is 3.26. The number of piperidine rings is 1. The first-order valence-electron chi connectivity index (χ1n) is 11.9. The van der Waals surface area contributed by atoms with Crippen LogP contribution in [-0.4, -0.2) is 44.6 Å². The Morgan fingerprint density at radius 1 is 1.06 bits per heavy atom. The van der Waals surface area contributed by atoms with E-state index in [-0.39, 0.29) is 23.8 Å². The Morgan fingerprint density at radius 2 is 1.82 bits per heavy atom. The Bertz CT molecular complexity index is 1160. The van der Waals surface area contributed by atoms with Crippen LogP contribution < -0.4 is 5.32 Å². The summed E-state index contributed by atoms with van der Waals surface area (Å²) in [4.78, 5) is 32.7. The fourth-order valence-electron chi connectivity index (χ4n) is 4.27. The monoisotopic (exact) mass is 447 g/mol. The number of nitrogens with one attached hydrogen (secondary N) is 1. The van der Waals surface area contributed by atoms with Crippen LogP contribution in [0, 0.1) is 0 Å². The molecule has 1 N–H and O–H groups in total. The molecular formula is C26H33N5O2. The molecular weight excluding hydrogens is 414 g/mol. The van der Waals surface area contributed by atoms with Gasteiger partial charge in [0.1, 0.15) is 0 Å². The molecule has 3 heterocycles. The van der Waals surface area contributed by atoms with Crippen molar-refractivity contribution in [2.45, 2.75) is 65.5 Å². The normalized spacial score (nSPS) is 14.3. The number of hydrogen-bond acceptors (Lipinski definition) is 4. The predicted molar refractivity (Wildman–Crippen MR) is 129 cm³/mol. The van der Waals surface area contributed by atoms with Crippen LogP contribution in [0.3, 0.4) is 0 Å². The maximum atomic E-state index is 13.2. The van der Waals surface area contributed by atoms with Gasteiger partial charge < -0.3 is 10.2 Å². The molecule has 0 bridgehead atoms. The van der Waals surface area contributed by atoms with Crippen LogP contribution in [0.4, 0.5) is 0 Å². The van der Waals surface area contributed by atoms with E-state index < -0.39 is 0 Å². The lowest BCUT2D eigenvalue weighted by Crippen LogP contribution is -2.35. The molecule has 174 valence electrons. The zero-order valence-corrected chi connectivity index (χ0v) is 20.0. The number of fused-ring (bicyclic) bond motifs is 1. The molecule has 1 fully saturated rings. The van der Waals surface area contributed by atoms with Gasteiger partial charge in [-0.25, -0.2) is 9.67 Å². The zero-order chi connectivity index (χ0) is 23.5. The summed E-state index contributed by atoms with van der Waals surface area (Å²) in [5.41, 5.74) is 3.75. The van der Waals surface area contributed by atoms with Crippen molar-refractivity contribution in [2.24, 2.45) is 0 Å². The van der Waals surface area contributed by atoms with E-state index in [0.717, 1.165) is 48.2 Å². The standard InChI is InChI=1S/C26H33N5O2/c1-17(2)23-14-21(22-16-28-31(18(3)4)24(22)29-23)25(32)27-15-19-9-8-10-20(13-19)26(33)30-11-6-5-7-12-30/h8-10,13-14,16-18H,5-7,11-12,15H2,1-4H3,(H,27,32). The van der Waals surface area contributed by atoms with Crippen molar-refractivity contribution in [2.75, 3.05) is 13.1 Å². The van der Waals surface area contributed by atoms with E-state index in [1.807, 2.05) is 53.8 Å². The predicted octanol–water partition coefficient (Wildman–Crippen LogP) is 4.69. The van der Waals surface area contributed by atoms with Gasteiger partial charge in [-0.05, 0) is 62.8 Å². The SMILES string of the molecule is CC(C)c1cc(C(=O)NCc2cccc(C(=O)N3CCCCC3)c2)c2cnn(C(C)C)c2n1. The summed E-state index contributed by atoms with van der Waals surface area (Å²) in [6, 6.07) is 9.57. The summed E-state index contributed by atoms with van der Waals surface area (Å²) in [5, 5.41) is 8.24. The molecule has 1 saturated heterocycles. The summed E-state index contributed by atoms with van der Waals surface area (Å²) in [5.74, 6) is 0.0932. The average molecular weight is 448 g/mol. The molecule has 0 aliphatic carbocycles. The molecule has 0 radical (unpaired) electrons. The van der Waals surface area contributed by atoms with Gasteiger partial charge in [-0.2, -0.15) is 5.10 Å². The first-order chi connectivity index (χ1) is 15.8. The van der Waals surface area contributed by atoms with E-state index in [1.54, 1.807) is 6.20 Å². The van der Waals surface area contributed by atoms with Crippen molar-refractivity contribution in [1.82, 2.24) is 25.0 Å². The summed E-state index contributed by atoms with van der Waals surface area (Å²) in [6.45, 7) is 10.2. The molecule has 0 saturated carbocycles. The van der Waals surface area contributed by atoms with Gasteiger partial charge in [-0.15, -0.1) is 0 Å². The number of amides is 2. The minimum atomic E-state index is -0.166. The van der Waals surface area contributed by atoms with Gasteiger partial charge in [0, 0.05) is 36.9 Å². The highest BCUT2D eigenvalue weighted by molar-refractivity contribution is 6.05. The summed E-state index contributed by atoms with van der Waals surface area (Å²) in [7, 11) is 0. The number of rotatable bonds is 6. The largest absolute Gasteiger partial charge is 0.348 e. The summed E-state index contributed by atoms with van der Waals surface area (Å²) >= 11 is 0. The van der Waals surface area contributed by atoms with Gasteiger partial charge in [0.15, 0.2) is 5.65 Å². The molecule has 1 aliphatic rings. The first kappa shape index (κ1) is 23.0. The Kier molecular flexibility index (Phi) is 6.77. The Hall–Kier alpha value is -3.22. The molecule has 4 rings (SSSR count). The van der Waals surface area contributed by atoms with Crippen molar-refractivity contribution in [1.29, 1.82) is 0 Å². The molecule has 7 nitrogen and oxygen atoms in total. The third kappa shape index (κ3) is 4.92. The Balaban J connectivity index is 1.54. The van der Waals surface area contributed by atoms with Crippen molar-refractivity contribution in [3.05, 3.63) is 58.9 Å². The lowest BCUT2D eigenvalue weighted by Gasteiger charge is -2.26. The maximum Gasteiger partial charge on any atom is 0.253 e. The van der Waals surface area contributed by atoms with Gasteiger partial charge in [-0.1, -0.05) is 26.0 Å². The molecule has 0 atom stereocenters. The fourth-order valence-corrected chi connectivity index (χ4v) is 4.27. The van der Waals surface area contributed by atoms with Crippen molar-refractivity contribution >= 4 is 22.8 Å². The van der Waals surface area contributed by atoms with Gasteiger partial charge >= 0.3 is 0 Å². The van der Waals surface area contributed by atoms with Crippen LogP contribution >= 0.6 is 0 Å². The topological polar surface area (TPSA) is 80.1 Å². The zero-order valence-electron chi connectivity index (χ0n) is 20.0. The van der Waals surface area contributed by atoms with E-state index in [0.29, 0.717) is 17.7 Å². The van der Waals surface area contributed by atoms with Gasteiger partial charge in [0.2, 0.25) is 0 Å². The van der Waals surface area contributed by atoms with E-state index >= 15 is 0 Å². The van der Waals surface area contributed by atoms with Crippen LogP contribution in [-0.2, 0) is 6.54 Å². The highest BCUT2D eigenvalue weighted by Crippen LogP contribution is 2.24. The number of carbonyl (C=O) groups is 2. The van der Waals surface area contributed by atoms with Gasteiger partial charge in [-0.3, -0.25) is 9.59 Å². The third-order valence-corrected chi connectivity index (χ3v) is 6.18. The van der Waals surface area contributed by atoms with E-state index in [9.17, 15) is 9.59 Å². The number of likely N-dealkylation sites (tertiary alicyclic amines) is 1. The number of nitrogens with zero attached hydrogens (tertiary/aromatic N) is 4. The molecule has 1 aromatic carbocycles. The maximum absolute atomic E-state index is 13.2.